The van der Waals surface area contributed by atoms with Gasteiger partial charge >= 0.3 is 6.01 Å². The van der Waals surface area contributed by atoms with E-state index < -0.39 is 0 Å². The summed E-state index contributed by atoms with van der Waals surface area (Å²) in [5, 5.41) is 0. The number of aromatic nitrogens is 4. The molecule has 144 valence electrons. The molecule has 2 aromatic heterocycles. The molecule has 0 aliphatic rings. The Morgan fingerprint density at radius 2 is 2.11 bits per heavy atom. The molecule has 0 atom stereocenters. The van der Waals surface area contributed by atoms with Crippen LogP contribution in [0.5, 0.6) is 6.01 Å². The second kappa shape index (κ2) is 10.7. The lowest BCUT2D eigenvalue weighted by Crippen LogP contribution is -2.23. The van der Waals surface area contributed by atoms with Crippen molar-refractivity contribution in [2.75, 3.05) is 18.6 Å². The van der Waals surface area contributed by atoms with Gasteiger partial charge in [0.15, 0.2) is 0 Å². The molecule has 0 fully saturated rings. The third-order valence-corrected chi connectivity index (χ3v) is 4.41. The molecule has 2 rings (SSSR count). The number of ether oxygens (including phenoxy) is 1. The second-order valence-corrected chi connectivity index (χ2v) is 7.13. The molecule has 27 heavy (non-hydrogen) atoms. The van der Waals surface area contributed by atoms with Crippen LogP contribution in [0.4, 0.5) is 0 Å². The summed E-state index contributed by atoms with van der Waals surface area (Å²) < 4.78 is 7.45. The third kappa shape index (κ3) is 6.06. The van der Waals surface area contributed by atoms with E-state index in [0.717, 1.165) is 23.4 Å². The van der Waals surface area contributed by atoms with E-state index in [1.807, 2.05) is 32.9 Å². The van der Waals surface area contributed by atoms with E-state index in [4.69, 9.17) is 4.74 Å². The smallest absolute Gasteiger partial charge is 0.304 e. The summed E-state index contributed by atoms with van der Waals surface area (Å²) in [6.07, 6.45) is 10.6. The first-order chi connectivity index (χ1) is 13.1. The van der Waals surface area contributed by atoms with Gasteiger partial charge < -0.3 is 4.74 Å². The van der Waals surface area contributed by atoms with Crippen molar-refractivity contribution in [1.82, 2.24) is 19.5 Å². The fourth-order valence-electron chi connectivity index (χ4n) is 2.38. The molecule has 0 aliphatic heterocycles. The standard InChI is InChI=1S/C20H26N4O2S/c1-5-16(8-7-15(2)3)24-19(25)13-18(17-9-10-21-14-22-17)23-20(24)26-11-6-12-27-4/h7-10,13-14H,5-6,11-12H2,1-4H3/b16-8+. The van der Waals surface area contributed by atoms with E-state index in [-0.39, 0.29) is 5.56 Å². The van der Waals surface area contributed by atoms with Crippen molar-refractivity contribution in [2.24, 2.45) is 0 Å². The van der Waals surface area contributed by atoms with Gasteiger partial charge in [-0.3, -0.25) is 4.79 Å². The Kier molecular flexibility index (Phi) is 8.26. The lowest BCUT2D eigenvalue weighted by atomic mass is 10.2. The van der Waals surface area contributed by atoms with Gasteiger partial charge in [-0.2, -0.15) is 16.7 Å². The zero-order chi connectivity index (χ0) is 19.6. The van der Waals surface area contributed by atoms with Gasteiger partial charge in [-0.15, -0.1) is 0 Å². The van der Waals surface area contributed by atoms with Crippen molar-refractivity contribution in [1.29, 1.82) is 0 Å². The molecule has 0 bridgehead atoms. The average molecular weight is 387 g/mol. The van der Waals surface area contributed by atoms with Crippen LogP contribution in [-0.2, 0) is 0 Å². The first kappa shape index (κ1) is 20.9. The van der Waals surface area contributed by atoms with Crippen molar-refractivity contribution >= 4 is 17.5 Å². The molecule has 0 N–H and O–H groups in total. The Morgan fingerprint density at radius 3 is 2.74 bits per heavy atom. The maximum absolute atomic E-state index is 12.9. The van der Waals surface area contributed by atoms with Crippen LogP contribution in [0.2, 0.25) is 0 Å². The second-order valence-electron chi connectivity index (χ2n) is 6.14. The monoisotopic (exact) mass is 386 g/mol. The highest BCUT2D eigenvalue weighted by Gasteiger charge is 2.14. The van der Waals surface area contributed by atoms with Crippen LogP contribution in [0.3, 0.4) is 0 Å². The molecule has 0 saturated carbocycles. The zero-order valence-corrected chi connectivity index (χ0v) is 17.1. The van der Waals surface area contributed by atoms with Gasteiger partial charge in [0.2, 0.25) is 0 Å². The van der Waals surface area contributed by atoms with Gasteiger partial charge in [0.25, 0.3) is 5.56 Å². The van der Waals surface area contributed by atoms with Crippen LogP contribution >= 0.6 is 11.8 Å². The molecule has 2 aromatic rings. The van der Waals surface area contributed by atoms with Crippen molar-refractivity contribution < 1.29 is 4.74 Å². The number of hydrogen-bond donors (Lipinski definition) is 0. The molecule has 0 saturated heterocycles. The summed E-state index contributed by atoms with van der Waals surface area (Å²) in [5.41, 5.74) is 2.88. The number of rotatable bonds is 9. The van der Waals surface area contributed by atoms with E-state index in [1.54, 1.807) is 28.6 Å². The van der Waals surface area contributed by atoms with Crippen molar-refractivity contribution in [2.45, 2.75) is 33.6 Å². The Bertz CT molecular complexity index is 856. The van der Waals surface area contributed by atoms with E-state index in [2.05, 4.69) is 21.2 Å². The van der Waals surface area contributed by atoms with E-state index in [1.165, 1.54) is 12.4 Å². The molecule has 0 aromatic carbocycles. The maximum Gasteiger partial charge on any atom is 0.304 e. The predicted molar refractivity (Wildman–Crippen MR) is 112 cm³/mol. The van der Waals surface area contributed by atoms with Crippen molar-refractivity contribution in [3.63, 3.8) is 0 Å². The van der Waals surface area contributed by atoms with Crippen LogP contribution in [0.1, 0.15) is 33.6 Å². The minimum Gasteiger partial charge on any atom is -0.464 e. The highest BCUT2D eigenvalue weighted by molar-refractivity contribution is 7.98. The number of allylic oxidation sites excluding steroid dienone is 4. The molecular weight excluding hydrogens is 360 g/mol. The molecule has 0 radical (unpaired) electrons. The summed E-state index contributed by atoms with van der Waals surface area (Å²) in [7, 11) is 0. The van der Waals surface area contributed by atoms with Crippen LogP contribution < -0.4 is 10.3 Å². The first-order valence-corrected chi connectivity index (χ1v) is 10.3. The van der Waals surface area contributed by atoms with Gasteiger partial charge in [-0.05, 0) is 50.8 Å². The summed E-state index contributed by atoms with van der Waals surface area (Å²) in [6, 6.07) is 3.51. The Balaban J connectivity index is 2.51. The van der Waals surface area contributed by atoms with Gasteiger partial charge in [0, 0.05) is 18.0 Å². The summed E-state index contributed by atoms with van der Waals surface area (Å²) in [5.74, 6) is 0.990. The highest BCUT2D eigenvalue weighted by Crippen LogP contribution is 2.20. The Hall–Kier alpha value is -2.41. The minimum absolute atomic E-state index is 0.186. The minimum atomic E-state index is -0.186. The molecule has 7 heteroatoms. The number of thioether (sulfide) groups is 1. The van der Waals surface area contributed by atoms with E-state index in [0.29, 0.717) is 30.4 Å². The quantitative estimate of drug-likeness (QED) is 0.478. The van der Waals surface area contributed by atoms with Crippen LogP contribution in [0.15, 0.2) is 47.2 Å². The number of nitrogens with zero attached hydrogens (tertiary/aromatic N) is 4. The van der Waals surface area contributed by atoms with E-state index in [9.17, 15) is 4.79 Å². The van der Waals surface area contributed by atoms with Crippen LogP contribution in [0, 0.1) is 0 Å². The molecule has 6 nitrogen and oxygen atoms in total. The van der Waals surface area contributed by atoms with Gasteiger partial charge in [-0.25, -0.2) is 14.5 Å². The summed E-state index contributed by atoms with van der Waals surface area (Å²) in [6.45, 7) is 6.54. The fraction of sp³-hybridized carbons (Fsp3) is 0.400. The molecule has 0 aliphatic carbocycles. The summed E-state index contributed by atoms with van der Waals surface area (Å²) >= 11 is 1.76. The molecule has 0 spiro atoms. The number of hydrogen-bond acceptors (Lipinski definition) is 6. The van der Waals surface area contributed by atoms with Crippen LogP contribution in [-0.4, -0.2) is 38.1 Å². The zero-order valence-electron chi connectivity index (χ0n) is 16.3. The van der Waals surface area contributed by atoms with Gasteiger partial charge in [-0.1, -0.05) is 18.6 Å². The topological polar surface area (TPSA) is 69.9 Å². The largest absolute Gasteiger partial charge is 0.464 e. The van der Waals surface area contributed by atoms with Crippen LogP contribution in [0.25, 0.3) is 17.1 Å². The maximum atomic E-state index is 12.9. The van der Waals surface area contributed by atoms with Gasteiger partial charge in [0.05, 0.1) is 18.0 Å². The Morgan fingerprint density at radius 1 is 1.30 bits per heavy atom. The molecule has 0 amide bonds. The average Bonchev–Trinajstić information content (AvgIpc) is 2.67. The Labute approximate surface area is 164 Å². The lowest BCUT2D eigenvalue weighted by Gasteiger charge is -2.15. The normalized spacial score (nSPS) is 11.3. The van der Waals surface area contributed by atoms with E-state index >= 15 is 0 Å². The lowest BCUT2D eigenvalue weighted by molar-refractivity contribution is 0.285. The van der Waals surface area contributed by atoms with Gasteiger partial charge in [0.1, 0.15) is 6.33 Å². The molecular formula is C20H26N4O2S. The molecule has 0 unspecified atom stereocenters. The van der Waals surface area contributed by atoms with Crippen molar-refractivity contribution in [3.05, 3.63) is 52.7 Å². The van der Waals surface area contributed by atoms with Crippen molar-refractivity contribution in [3.8, 4) is 17.4 Å². The third-order valence-electron chi connectivity index (χ3n) is 3.71. The summed E-state index contributed by atoms with van der Waals surface area (Å²) in [4.78, 5) is 25.6. The fourth-order valence-corrected chi connectivity index (χ4v) is 2.78. The highest BCUT2D eigenvalue weighted by atomic mass is 32.2. The molecule has 2 heterocycles. The SMILES string of the molecule is CC/C(=C\C=C(C)C)n1c(OCCCSC)nc(-c2ccncn2)cc1=O. The predicted octanol–water partition coefficient (Wildman–Crippen LogP) is 4.05. The first-order valence-electron chi connectivity index (χ1n) is 8.93.